The second-order valence-electron chi connectivity index (χ2n) is 6.23. The van der Waals surface area contributed by atoms with E-state index < -0.39 is 5.91 Å². The number of hydrogen-bond donors (Lipinski definition) is 3. The van der Waals surface area contributed by atoms with Crippen LogP contribution >= 0.6 is 12.2 Å². The predicted molar refractivity (Wildman–Crippen MR) is 104 cm³/mol. The van der Waals surface area contributed by atoms with Gasteiger partial charge in [0.25, 0.3) is 5.91 Å². The first kappa shape index (κ1) is 20.8. The quantitative estimate of drug-likeness (QED) is 0.500. The highest BCUT2D eigenvalue weighted by Crippen LogP contribution is 2.38. The fourth-order valence-corrected chi connectivity index (χ4v) is 3.25. The minimum atomic E-state index is -0.471. The van der Waals surface area contributed by atoms with Crippen LogP contribution in [0.5, 0.6) is 17.2 Å². The van der Waals surface area contributed by atoms with Crippen molar-refractivity contribution in [1.29, 1.82) is 0 Å². The Morgan fingerprint density at radius 2 is 1.63 bits per heavy atom. The van der Waals surface area contributed by atoms with Crippen LogP contribution in [0.3, 0.4) is 0 Å². The third kappa shape index (κ3) is 5.72. The maximum Gasteiger partial charge on any atom is 0.269 e. The highest BCUT2D eigenvalue weighted by molar-refractivity contribution is 7.80. The highest BCUT2D eigenvalue weighted by atomic mass is 32.1. The molecule has 1 fully saturated rings. The molecule has 0 unspecified atom stereocenters. The molecule has 8 nitrogen and oxygen atoms in total. The van der Waals surface area contributed by atoms with Crippen LogP contribution in [-0.2, 0) is 4.79 Å². The molecule has 9 heteroatoms. The van der Waals surface area contributed by atoms with Crippen molar-refractivity contribution < 1.29 is 23.8 Å². The molecule has 0 atom stereocenters. The zero-order chi connectivity index (χ0) is 19.8. The summed E-state index contributed by atoms with van der Waals surface area (Å²) in [5.74, 6) is 0.896. The van der Waals surface area contributed by atoms with E-state index in [2.05, 4.69) is 16.2 Å². The lowest BCUT2D eigenvalue weighted by Gasteiger charge is -2.15. The predicted octanol–water partition coefficient (Wildman–Crippen LogP) is 1.93. The number of benzene rings is 1. The summed E-state index contributed by atoms with van der Waals surface area (Å²) in [5, 5.41) is 2.61. The molecular weight excluding hydrogens is 370 g/mol. The van der Waals surface area contributed by atoms with Crippen LogP contribution in [0.15, 0.2) is 12.1 Å². The molecule has 0 radical (unpaired) electrons. The van der Waals surface area contributed by atoms with Gasteiger partial charge in [-0.2, -0.15) is 0 Å². The van der Waals surface area contributed by atoms with Gasteiger partial charge in [0.05, 0.1) is 21.3 Å². The second-order valence-corrected chi connectivity index (χ2v) is 6.63. The average Bonchev–Trinajstić information content (AvgIpc) is 3.17. The van der Waals surface area contributed by atoms with E-state index in [-0.39, 0.29) is 16.6 Å². The van der Waals surface area contributed by atoms with E-state index in [4.69, 9.17) is 26.4 Å². The van der Waals surface area contributed by atoms with Gasteiger partial charge >= 0.3 is 0 Å². The number of carbonyl (C=O) groups is 2. The Bertz CT molecular complexity index is 679. The molecule has 0 saturated heterocycles. The second kappa shape index (κ2) is 9.96. The standard InChI is InChI=1S/C18H25N3O5S/c1-24-13-9-12(10-14(25-2)16(13)26-3)17(23)20-21-18(27)19-15(22)8-11-6-4-5-7-11/h9-11H,4-8H2,1-3H3,(H,20,23)(H2,19,21,22,27). The van der Waals surface area contributed by atoms with Crippen molar-refractivity contribution in [2.75, 3.05) is 21.3 Å². The summed E-state index contributed by atoms with van der Waals surface area (Å²) in [6, 6.07) is 3.03. The molecule has 3 N–H and O–H groups in total. The van der Waals surface area contributed by atoms with E-state index in [1.54, 1.807) is 0 Å². The van der Waals surface area contributed by atoms with Crippen molar-refractivity contribution in [3.05, 3.63) is 17.7 Å². The summed E-state index contributed by atoms with van der Waals surface area (Å²) in [6.45, 7) is 0. The maximum atomic E-state index is 12.4. The third-order valence-corrected chi connectivity index (χ3v) is 4.62. The third-order valence-electron chi connectivity index (χ3n) is 4.42. The Kier molecular flexibility index (Phi) is 7.66. The van der Waals surface area contributed by atoms with Crippen LogP contribution in [0, 0.1) is 5.92 Å². The molecule has 2 rings (SSSR count). The van der Waals surface area contributed by atoms with Gasteiger partial charge in [-0.05, 0) is 43.1 Å². The van der Waals surface area contributed by atoms with E-state index in [0.717, 1.165) is 12.8 Å². The van der Waals surface area contributed by atoms with Crippen LogP contribution in [0.1, 0.15) is 42.5 Å². The molecule has 0 aromatic heterocycles. The zero-order valence-electron chi connectivity index (χ0n) is 15.7. The Morgan fingerprint density at radius 3 is 2.15 bits per heavy atom. The molecule has 0 spiro atoms. The van der Waals surface area contributed by atoms with E-state index in [9.17, 15) is 9.59 Å². The van der Waals surface area contributed by atoms with Crippen LogP contribution in [0.4, 0.5) is 0 Å². The van der Waals surface area contributed by atoms with Gasteiger partial charge in [-0.1, -0.05) is 12.8 Å². The van der Waals surface area contributed by atoms with Gasteiger partial charge in [-0.3, -0.25) is 20.4 Å². The number of carbonyl (C=O) groups excluding carboxylic acids is 2. The first-order valence-corrected chi connectivity index (χ1v) is 9.09. The number of rotatable bonds is 6. The van der Waals surface area contributed by atoms with E-state index in [1.807, 2.05) is 0 Å². The molecule has 1 saturated carbocycles. The lowest BCUT2D eigenvalue weighted by Crippen LogP contribution is -2.48. The number of nitrogens with one attached hydrogen (secondary N) is 3. The number of thiocarbonyl (C=S) groups is 1. The number of ether oxygens (including phenoxy) is 3. The van der Waals surface area contributed by atoms with Gasteiger partial charge in [0, 0.05) is 12.0 Å². The topological polar surface area (TPSA) is 97.9 Å². The monoisotopic (exact) mass is 395 g/mol. The van der Waals surface area contributed by atoms with Crippen LogP contribution in [-0.4, -0.2) is 38.3 Å². The lowest BCUT2D eigenvalue weighted by molar-refractivity contribution is -0.120. The summed E-state index contributed by atoms with van der Waals surface area (Å²) in [6.07, 6.45) is 4.94. The SMILES string of the molecule is COc1cc(C(=O)NNC(=S)NC(=O)CC2CCCC2)cc(OC)c1OC. The average molecular weight is 395 g/mol. The maximum absolute atomic E-state index is 12.4. The molecule has 1 aliphatic carbocycles. The number of hydrogen-bond acceptors (Lipinski definition) is 6. The Hall–Kier alpha value is -2.55. The van der Waals surface area contributed by atoms with Gasteiger partial charge in [-0.15, -0.1) is 0 Å². The summed E-state index contributed by atoms with van der Waals surface area (Å²) in [5.41, 5.74) is 5.24. The Morgan fingerprint density at radius 1 is 1.04 bits per heavy atom. The summed E-state index contributed by atoms with van der Waals surface area (Å²) in [7, 11) is 4.41. The highest BCUT2D eigenvalue weighted by Gasteiger charge is 2.20. The summed E-state index contributed by atoms with van der Waals surface area (Å²) >= 11 is 5.05. The van der Waals surface area contributed by atoms with Crippen molar-refractivity contribution in [3.63, 3.8) is 0 Å². The minimum Gasteiger partial charge on any atom is -0.493 e. The van der Waals surface area contributed by atoms with Crippen LogP contribution in [0.2, 0.25) is 0 Å². The van der Waals surface area contributed by atoms with Crippen molar-refractivity contribution in [1.82, 2.24) is 16.2 Å². The zero-order valence-corrected chi connectivity index (χ0v) is 16.5. The van der Waals surface area contributed by atoms with E-state index in [1.165, 1.54) is 46.3 Å². The Labute approximate surface area is 163 Å². The molecule has 1 aromatic carbocycles. The van der Waals surface area contributed by atoms with Gasteiger partial charge in [0.2, 0.25) is 11.7 Å². The van der Waals surface area contributed by atoms with Crippen molar-refractivity contribution in [3.8, 4) is 17.2 Å². The fourth-order valence-electron chi connectivity index (χ4n) is 3.08. The molecule has 0 bridgehead atoms. The fraction of sp³-hybridized carbons (Fsp3) is 0.500. The van der Waals surface area contributed by atoms with Crippen LogP contribution in [0.25, 0.3) is 0 Å². The van der Waals surface area contributed by atoms with Gasteiger partial charge in [0.15, 0.2) is 16.6 Å². The molecule has 148 valence electrons. The van der Waals surface area contributed by atoms with Crippen LogP contribution < -0.4 is 30.4 Å². The van der Waals surface area contributed by atoms with E-state index >= 15 is 0 Å². The van der Waals surface area contributed by atoms with Gasteiger partial charge < -0.3 is 19.5 Å². The van der Waals surface area contributed by atoms with Gasteiger partial charge in [0.1, 0.15) is 0 Å². The molecule has 0 aliphatic heterocycles. The summed E-state index contributed by atoms with van der Waals surface area (Å²) < 4.78 is 15.7. The van der Waals surface area contributed by atoms with Crippen molar-refractivity contribution >= 4 is 29.1 Å². The molecule has 0 heterocycles. The summed E-state index contributed by atoms with van der Waals surface area (Å²) in [4.78, 5) is 24.3. The van der Waals surface area contributed by atoms with Crippen molar-refractivity contribution in [2.45, 2.75) is 32.1 Å². The minimum absolute atomic E-state index is 0.0405. The molecule has 27 heavy (non-hydrogen) atoms. The van der Waals surface area contributed by atoms with Gasteiger partial charge in [-0.25, -0.2) is 0 Å². The number of hydrazine groups is 1. The smallest absolute Gasteiger partial charge is 0.269 e. The van der Waals surface area contributed by atoms with Crippen molar-refractivity contribution in [2.24, 2.45) is 5.92 Å². The largest absolute Gasteiger partial charge is 0.493 e. The first-order chi connectivity index (χ1) is 13.0. The van der Waals surface area contributed by atoms with E-state index in [0.29, 0.717) is 29.6 Å². The Balaban J connectivity index is 1.90. The molecule has 2 amide bonds. The molecule has 1 aliphatic rings. The molecular formula is C18H25N3O5S. The first-order valence-electron chi connectivity index (χ1n) is 8.68. The number of amides is 2. The molecule has 1 aromatic rings. The lowest BCUT2D eigenvalue weighted by atomic mass is 10.0. The number of methoxy groups -OCH3 is 3. The normalized spacial score (nSPS) is 13.6.